The molecule has 0 amide bonds. The fraction of sp³-hybridized carbons (Fsp3) is 0.435. The monoisotopic (exact) mass is 509 g/mol. The minimum atomic E-state index is -3.53. The predicted octanol–water partition coefficient (Wildman–Crippen LogP) is 5.08. The van der Waals surface area contributed by atoms with E-state index in [1.807, 2.05) is 6.07 Å². The molecule has 0 saturated carbocycles. The van der Waals surface area contributed by atoms with Gasteiger partial charge in [-0.2, -0.15) is 4.31 Å². The number of ether oxygens (including phenoxy) is 1. The Bertz CT molecular complexity index is 1270. The van der Waals surface area contributed by atoms with Crippen LogP contribution in [0.3, 0.4) is 0 Å². The molecular formula is C23H25ClFN3O3S2. The first-order chi connectivity index (χ1) is 15.9. The molecule has 2 saturated heterocycles. The highest BCUT2D eigenvalue weighted by atomic mass is 35.5. The lowest BCUT2D eigenvalue weighted by atomic mass is 10.2. The molecule has 0 radical (unpaired) electrons. The van der Waals surface area contributed by atoms with E-state index in [1.165, 1.54) is 22.1 Å². The largest absolute Gasteiger partial charge is 0.376 e. The maximum atomic E-state index is 14.3. The van der Waals surface area contributed by atoms with Crippen molar-refractivity contribution in [2.45, 2.75) is 54.1 Å². The SMILES string of the molecule is O=S(=O)(c1ccc2c(c1)nc(SCc1ccc(Cl)cc1F)n2C[C@@H]1CCCO1)N1CCCC1. The molecule has 2 fully saturated rings. The van der Waals surface area contributed by atoms with Crippen LogP contribution in [-0.2, 0) is 27.1 Å². The summed E-state index contributed by atoms with van der Waals surface area (Å²) in [6.45, 7) is 2.48. The molecule has 2 aliphatic heterocycles. The van der Waals surface area contributed by atoms with E-state index in [4.69, 9.17) is 21.3 Å². The molecule has 5 rings (SSSR count). The van der Waals surface area contributed by atoms with Gasteiger partial charge in [0.2, 0.25) is 10.0 Å². The highest BCUT2D eigenvalue weighted by Crippen LogP contribution is 2.32. The second kappa shape index (κ2) is 9.54. The van der Waals surface area contributed by atoms with Gasteiger partial charge in [-0.1, -0.05) is 29.4 Å². The number of sulfonamides is 1. The summed E-state index contributed by atoms with van der Waals surface area (Å²) < 4.78 is 49.8. The van der Waals surface area contributed by atoms with Crippen LogP contribution in [0, 0.1) is 5.82 Å². The number of hydrogen-bond donors (Lipinski definition) is 0. The third-order valence-electron chi connectivity index (χ3n) is 6.17. The minimum absolute atomic E-state index is 0.0852. The Balaban J connectivity index is 1.48. The lowest BCUT2D eigenvalue weighted by Gasteiger charge is -2.16. The topological polar surface area (TPSA) is 64.4 Å². The van der Waals surface area contributed by atoms with E-state index < -0.39 is 10.0 Å². The van der Waals surface area contributed by atoms with Crippen LogP contribution in [0.15, 0.2) is 46.5 Å². The quantitative estimate of drug-likeness (QED) is 0.415. The summed E-state index contributed by atoms with van der Waals surface area (Å²) in [7, 11) is -3.53. The molecule has 6 nitrogen and oxygen atoms in total. The van der Waals surface area contributed by atoms with Gasteiger partial charge < -0.3 is 9.30 Å². The van der Waals surface area contributed by atoms with E-state index in [9.17, 15) is 12.8 Å². The van der Waals surface area contributed by atoms with E-state index in [2.05, 4.69) is 4.57 Å². The first-order valence-electron chi connectivity index (χ1n) is 11.1. The molecule has 3 aromatic rings. The molecule has 0 unspecified atom stereocenters. The number of rotatable bonds is 7. The van der Waals surface area contributed by atoms with Crippen molar-refractivity contribution in [1.82, 2.24) is 13.9 Å². The number of thioether (sulfide) groups is 1. The van der Waals surface area contributed by atoms with Crippen LogP contribution in [-0.4, -0.2) is 48.1 Å². The lowest BCUT2D eigenvalue weighted by molar-refractivity contribution is 0.0960. The number of imidazole rings is 1. The minimum Gasteiger partial charge on any atom is -0.376 e. The van der Waals surface area contributed by atoms with Gasteiger partial charge in [-0.15, -0.1) is 0 Å². The second-order valence-electron chi connectivity index (χ2n) is 8.43. The maximum absolute atomic E-state index is 14.3. The Kier molecular flexibility index (Phi) is 6.68. The van der Waals surface area contributed by atoms with Crippen LogP contribution < -0.4 is 0 Å². The number of halogens is 2. The van der Waals surface area contributed by atoms with Crippen LogP contribution >= 0.6 is 23.4 Å². The van der Waals surface area contributed by atoms with Gasteiger partial charge in [0.1, 0.15) is 5.82 Å². The number of hydrogen-bond acceptors (Lipinski definition) is 5. The van der Waals surface area contributed by atoms with Gasteiger partial charge in [-0.3, -0.25) is 0 Å². The average Bonchev–Trinajstić information content (AvgIpc) is 3.55. The van der Waals surface area contributed by atoms with Crippen molar-refractivity contribution in [2.75, 3.05) is 19.7 Å². The molecule has 1 aromatic heterocycles. The van der Waals surface area contributed by atoms with Crippen molar-refractivity contribution in [3.8, 4) is 0 Å². The van der Waals surface area contributed by atoms with Crippen molar-refractivity contribution in [2.24, 2.45) is 0 Å². The Hall–Kier alpha value is -1.65. The molecule has 2 aliphatic rings. The van der Waals surface area contributed by atoms with E-state index >= 15 is 0 Å². The van der Waals surface area contributed by atoms with E-state index in [0.717, 1.165) is 37.8 Å². The summed E-state index contributed by atoms with van der Waals surface area (Å²) in [6, 6.07) is 9.80. The fourth-order valence-corrected chi connectivity index (χ4v) is 7.09. The Labute approximate surface area is 202 Å². The first-order valence-corrected chi connectivity index (χ1v) is 13.9. The summed E-state index contributed by atoms with van der Waals surface area (Å²) in [4.78, 5) is 5.02. The van der Waals surface area contributed by atoms with Crippen molar-refractivity contribution in [3.05, 3.63) is 52.8 Å². The molecule has 176 valence electrons. The highest BCUT2D eigenvalue weighted by Gasteiger charge is 2.28. The van der Waals surface area contributed by atoms with Crippen molar-refractivity contribution < 1.29 is 17.5 Å². The number of aromatic nitrogens is 2. The molecule has 33 heavy (non-hydrogen) atoms. The Morgan fingerprint density at radius 2 is 1.97 bits per heavy atom. The van der Waals surface area contributed by atoms with E-state index in [1.54, 1.807) is 24.3 Å². The van der Waals surface area contributed by atoms with Gasteiger partial charge in [-0.25, -0.2) is 17.8 Å². The molecule has 0 aliphatic carbocycles. The Morgan fingerprint density at radius 3 is 2.70 bits per heavy atom. The summed E-state index contributed by atoms with van der Waals surface area (Å²) in [5.41, 5.74) is 2.01. The van der Waals surface area contributed by atoms with Crippen LogP contribution in [0.4, 0.5) is 4.39 Å². The van der Waals surface area contributed by atoms with E-state index in [-0.39, 0.29) is 16.8 Å². The molecule has 2 aromatic carbocycles. The lowest BCUT2D eigenvalue weighted by Crippen LogP contribution is -2.27. The van der Waals surface area contributed by atoms with Gasteiger partial charge in [0.05, 0.1) is 28.6 Å². The molecular weight excluding hydrogens is 485 g/mol. The zero-order valence-electron chi connectivity index (χ0n) is 18.0. The zero-order chi connectivity index (χ0) is 23.0. The second-order valence-corrected chi connectivity index (χ2v) is 11.7. The maximum Gasteiger partial charge on any atom is 0.243 e. The third kappa shape index (κ3) is 4.79. The average molecular weight is 510 g/mol. The van der Waals surface area contributed by atoms with Gasteiger partial charge in [0.15, 0.2) is 5.16 Å². The molecule has 0 N–H and O–H groups in total. The predicted molar refractivity (Wildman–Crippen MR) is 128 cm³/mol. The molecule has 0 bridgehead atoms. The fourth-order valence-electron chi connectivity index (χ4n) is 4.39. The molecule has 3 heterocycles. The first kappa shape index (κ1) is 23.1. The van der Waals surface area contributed by atoms with Crippen LogP contribution in [0.5, 0.6) is 0 Å². The zero-order valence-corrected chi connectivity index (χ0v) is 20.4. The standard InChI is InChI=1S/C23H25ClFN3O3S2/c24-17-6-5-16(20(25)12-17)15-32-23-26-21-13-19(33(29,30)27-9-1-2-10-27)7-8-22(21)28(23)14-18-4-3-11-31-18/h5-8,12-13,18H,1-4,9-11,14-15H2/t18-/m0/s1. The summed E-state index contributed by atoms with van der Waals surface area (Å²) in [6.07, 6.45) is 3.85. The molecule has 10 heteroatoms. The summed E-state index contributed by atoms with van der Waals surface area (Å²) in [5, 5.41) is 1.07. The molecule has 1 atom stereocenters. The van der Waals surface area contributed by atoms with Gasteiger partial charge in [-0.05, 0) is 61.6 Å². The van der Waals surface area contributed by atoms with Crippen molar-refractivity contribution in [1.29, 1.82) is 0 Å². The normalized spacial score (nSPS) is 19.6. The number of nitrogens with zero attached hydrogens (tertiary/aromatic N) is 3. The summed E-state index contributed by atoms with van der Waals surface area (Å²) in [5.74, 6) is 0.0346. The Morgan fingerprint density at radius 1 is 1.15 bits per heavy atom. The van der Waals surface area contributed by atoms with Gasteiger partial charge >= 0.3 is 0 Å². The third-order valence-corrected chi connectivity index (χ3v) is 9.32. The van der Waals surface area contributed by atoms with Crippen molar-refractivity contribution >= 4 is 44.4 Å². The smallest absolute Gasteiger partial charge is 0.243 e. The molecule has 0 spiro atoms. The van der Waals surface area contributed by atoms with Crippen LogP contribution in [0.25, 0.3) is 11.0 Å². The van der Waals surface area contributed by atoms with Crippen molar-refractivity contribution in [3.63, 3.8) is 0 Å². The van der Waals surface area contributed by atoms with Gasteiger partial charge in [0.25, 0.3) is 0 Å². The van der Waals surface area contributed by atoms with Crippen LogP contribution in [0.2, 0.25) is 5.02 Å². The highest BCUT2D eigenvalue weighted by molar-refractivity contribution is 7.98. The summed E-state index contributed by atoms with van der Waals surface area (Å²) >= 11 is 7.30. The van der Waals surface area contributed by atoms with Gasteiger partial charge in [0, 0.05) is 30.5 Å². The number of fused-ring (bicyclic) bond motifs is 1. The van der Waals surface area contributed by atoms with E-state index in [0.29, 0.717) is 46.6 Å². The van der Waals surface area contributed by atoms with Crippen LogP contribution in [0.1, 0.15) is 31.2 Å². The number of benzene rings is 2.